The lowest BCUT2D eigenvalue weighted by atomic mass is 10.1. The van der Waals surface area contributed by atoms with Gasteiger partial charge in [0.25, 0.3) is 5.91 Å². The van der Waals surface area contributed by atoms with E-state index >= 15 is 0 Å². The first-order chi connectivity index (χ1) is 9.93. The first-order valence-electron chi connectivity index (χ1n) is 6.53. The molecule has 21 heavy (non-hydrogen) atoms. The summed E-state index contributed by atoms with van der Waals surface area (Å²) in [5.74, 6) is -1.24. The molecule has 1 heterocycles. The number of aryl methyl sites for hydroxylation is 1. The monoisotopic (exact) mass is 293 g/mol. The van der Waals surface area contributed by atoms with Crippen LogP contribution in [0.1, 0.15) is 23.0 Å². The largest absolute Gasteiger partial charge is 0.465 e. The molecule has 112 valence electrons. The van der Waals surface area contributed by atoms with Crippen LogP contribution < -0.4 is 0 Å². The molecule has 0 unspecified atom stereocenters. The van der Waals surface area contributed by atoms with Gasteiger partial charge in [0.1, 0.15) is 17.9 Å². The highest BCUT2D eigenvalue weighted by atomic mass is 19.1. The summed E-state index contributed by atoms with van der Waals surface area (Å²) in [7, 11) is 1.48. The van der Waals surface area contributed by atoms with E-state index in [1.165, 1.54) is 30.1 Å². The second kappa shape index (κ2) is 5.95. The van der Waals surface area contributed by atoms with Gasteiger partial charge in [-0.2, -0.15) is 0 Å². The van der Waals surface area contributed by atoms with E-state index in [0.717, 1.165) is 0 Å². The van der Waals surface area contributed by atoms with Crippen molar-refractivity contribution in [3.8, 4) is 0 Å². The van der Waals surface area contributed by atoms with Crippen LogP contribution in [0.2, 0.25) is 0 Å². The highest BCUT2D eigenvalue weighted by Gasteiger charge is 2.23. The lowest BCUT2D eigenvalue weighted by Crippen LogP contribution is -2.33. The number of amides is 1. The van der Waals surface area contributed by atoms with E-state index < -0.39 is 17.7 Å². The standard InChI is InChI=1S/C15H16FNO4/c1-4-20-13(18)8-17(3)15(19)14-9(2)11-7-10(16)5-6-12(11)21-14/h5-7H,4,8H2,1-3H3. The summed E-state index contributed by atoms with van der Waals surface area (Å²) in [6.07, 6.45) is 0. The molecular weight excluding hydrogens is 277 g/mol. The Morgan fingerprint density at radius 3 is 2.76 bits per heavy atom. The van der Waals surface area contributed by atoms with Crippen LogP contribution >= 0.6 is 0 Å². The molecule has 0 saturated carbocycles. The van der Waals surface area contributed by atoms with Crippen molar-refractivity contribution in [1.29, 1.82) is 0 Å². The number of ether oxygens (including phenoxy) is 1. The summed E-state index contributed by atoms with van der Waals surface area (Å²) in [5.41, 5.74) is 0.979. The van der Waals surface area contributed by atoms with Crippen molar-refractivity contribution < 1.29 is 23.1 Å². The van der Waals surface area contributed by atoms with E-state index in [4.69, 9.17) is 9.15 Å². The molecule has 0 fully saturated rings. The number of hydrogen-bond donors (Lipinski definition) is 0. The minimum Gasteiger partial charge on any atom is -0.465 e. The molecule has 0 aliphatic rings. The van der Waals surface area contributed by atoms with Crippen molar-refractivity contribution in [3.05, 3.63) is 35.3 Å². The van der Waals surface area contributed by atoms with Crippen LogP contribution in [-0.2, 0) is 9.53 Å². The number of fused-ring (bicyclic) bond motifs is 1. The Labute approximate surface area is 121 Å². The number of benzene rings is 1. The number of carbonyl (C=O) groups excluding carboxylic acids is 2. The van der Waals surface area contributed by atoms with E-state index in [0.29, 0.717) is 16.5 Å². The number of hydrogen-bond acceptors (Lipinski definition) is 4. The molecule has 2 aromatic rings. The lowest BCUT2D eigenvalue weighted by molar-refractivity contribution is -0.143. The normalized spacial score (nSPS) is 10.7. The van der Waals surface area contributed by atoms with Gasteiger partial charge in [0.2, 0.25) is 0 Å². The maximum absolute atomic E-state index is 13.2. The zero-order valence-corrected chi connectivity index (χ0v) is 12.1. The zero-order chi connectivity index (χ0) is 15.6. The maximum atomic E-state index is 13.2. The summed E-state index contributed by atoms with van der Waals surface area (Å²) >= 11 is 0. The second-order valence-electron chi connectivity index (χ2n) is 4.66. The van der Waals surface area contributed by atoms with Crippen LogP contribution in [0.15, 0.2) is 22.6 Å². The Morgan fingerprint density at radius 2 is 2.10 bits per heavy atom. The number of carbonyl (C=O) groups is 2. The van der Waals surface area contributed by atoms with Crippen molar-refractivity contribution >= 4 is 22.8 Å². The number of halogens is 1. The van der Waals surface area contributed by atoms with Crippen molar-refractivity contribution in [3.63, 3.8) is 0 Å². The molecule has 1 aromatic heterocycles. The molecular formula is C15H16FNO4. The summed E-state index contributed by atoms with van der Waals surface area (Å²) in [6.45, 7) is 3.45. The molecule has 6 heteroatoms. The van der Waals surface area contributed by atoms with Gasteiger partial charge in [0.15, 0.2) is 5.76 Å². The average Bonchev–Trinajstić information content (AvgIpc) is 2.75. The molecule has 0 N–H and O–H groups in total. The zero-order valence-electron chi connectivity index (χ0n) is 12.1. The third kappa shape index (κ3) is 3.04. The van der Waals surface area contributed by atoms with E-state index in [-0.39, 0.29) is 18.9 Å². The van der Waals surface area contributed by atoms with Gasteiger partial charge in [0.05, 0.1) is 6.61 Å². The van der Waals surface area contributed by atoms with E-state index in [1.54, 1.807) is 13.8 Å². The first-order valence-corrected chi connectivity index (χ1v) is 6.53. The van der Waals surface area contributed by atoms with Gasteiger partial charge in [-0.1, -0.05) is 0 Å². The molecule has 0 aliphatic carbocycles. The summed E-state index contributed by atoms with van der Waals surface area (Å²) < 4.78 is 23.5. The maximum Gasteiger partial charge on any atom is 0.325 e. The fourth-order valence-electron chi connectivity index (χ4n) is 2.04. The number of furan rings is 1. The van der Waals surface area contributed by atoms with Gasteiger partial charge < -0.3 is 14.1 Å². The number of likely N-dealkylation sites (N-methyl/N-ethyl adjacent to an activating group) is 1. The lowest BCUT2D eigenvalue weighted by Gasteiger charge is -2.14. The van der Waals surface area contributed by atoms with E-state index in [1.807, 2.05) is 0 Å². The second-order valence-corrected chi connectivity index (χ2v) is 4.66. The minimum absolute atomic E-state index is 0.0994. The highest BCUT2D eigenvalue weighted by Crippen LogP contribution is 2.26. The van der Waals surface area contributed by atoms with Crippen LogP contribution in [0.4, 0.5) is 4.39 Å². The van der Waals surface area contributed by atoms with Crippen molar-refractivity contribution in [1.82, 2.24) is 4.90 Å². The minimum atomic E-state index is -0.492. The molecule has 0 saturated heterocycles. The molecule has 0 spiro atoms. The Bertz CT molecular complexity index is 692. The molecule has 0 bridgehead atoms. The first kappa shape index (κ1) is 15.0. The van der Waals surface area contributed by atoms with Crippen LogP contribution in [0.25, 0.3) is 11.0 Å². The Hall–Kier alpha value is -2.37. The summed E-state index contributed by atoms with van der Waals surface area (Å²) in [5, 5.41) is 0.544. The van der Waals surface area contributed by atoms with Crippen LogP contribution in [0.5, 0.6) is 0 Å². The van der Waals surface area contributed by atoms with Crippen LogP contribution in [0.3, 0.4) is 0 Å². The smallest absolute Gasteiger partial charge is 0.325 e. The summed E-state index contributed by atoms with van der Waals surface area (Å²) in [6, 6.07) is 4.05. The fraction of sp³-hybridized carbons (Fsp3) is 0.333. The topological polar surface area (TPSA) is 59.8 Å². The average molecular weight is 293 g/mol. The van der Waals surface area contributed by atoms with E-state index in [2.05, 4.69) is 0 Å². The predicted molar refractivity (Wildman–Crippen MR) is 74.5 cm³/mol. The predicted octanol–water partition coefficient (Wildman–Crippen LogP) is 2.52. The van der Waals surface area contributed by atoms with Gasteiger partial charge in [-0.05, 0) is 32.0 Å². The van der Waals surface area contributed by atoms with Gasteiger partial charge in [-0.15, -0.1) is 0 Å². The molecule has 0 aliphatic heterocycles. The fourth-order valence-corrected chi connectivity index (χ4v) is 2.04. The highest BCUT2D eigenvalue weighted by molar-refractivity contribution is 5.99. The van der Waals surface area contributed by atoms with Gasteiger partial charge >= 0.3 is 5.97 Å². The van der Waals surface area contributed by atoms with Crippen molar-refractivity contribution in [2.24, 2.45) is 0 Å². The van der Waals surface area contributed by atoms with E-state index in [9.17, 15) is 14.0 Å². The van der Waals surface area contributed by atoms with Gasteiger partial charge in [0, 0.05) is 18.0 Å². The number of nitrogens with zero attached hydrogens (tertiary/aromatic N) is 1. The van der Waals surface area contributed by atoms with Gasteiger partial charge in [-0.25, -0.2) is 4.39 Å². The molecule has 1 amide bonds. The number of rotatable bonds is 4. The summed E-state index contributed by atoms with van der Waals surface area (Å²) in [4.78, 5) is 24.9. The van der Waals surface area contributed by atoms with Crippen LogP contribution in [-0.4, -0.2) is 37.0 Å². The molecule has 0 atom stereocenters. The third-order valence-electron chi connectivity index (χ3n) is 3.11. The van der Waals surface area contributed by atoms with Crippen molar-refractivity contribution in [2.75, 3.05) is 20.2 Å². The Morgan fingerprint density at radius 1 is 1.38 bits per heavy atom. The van der Waals surface area contributed by atoms with Crippen LogP contribution in [0, 0.1) is 12.7 Å². The molecule has 5 nitrogen and oxygen atoms in total. The number of esters is 1. The quantitative estimate of drug-likeness (QED) is 0.813. The SMILES string of the molecule is CCOC(=O)CN(C)C(=O)c1oc2ccc(F)cc2c1C. The van der Waals surface area contributed by atoms with Gasteiger partial charge in [-0.3, -0.25) is 9.59 Å². The third-order valence-corrected chi connectivity index (χ3v) is 3.11. The molecule has 2 rings (SSSR count). The Kier molecular flexibility index (Phi) is 4.26. The molecule has 0 radical (unpaired) electrons. The van der Waals surface area contributed by atoms with Crippen molar-refractivity contribution in [2.45, 2.75) is 13.8 Å². The Balaban J connectivity index is 2.27. The molecule has 1 aromatic carbocycles.